The van der Waals surface area contributed by atoms with Crippen LogP contribution < -0.4 is 0 Å². The summed E-state index contributed by atoms with van der Waals surface area (Å²) in [6.45, 7) is 1.44. The van der Waals surface area contributed by atoms with Crippen molar-refractivity contribution in [2.45, 2.75) is 25.2 Å². The van der Waals surface area contributed by atoms with Crippen LogP contribution in [0.15, 0.2) is 55.2 Å². The predicted octanol–water partition coefficient (Wildman–Crippen LogP) is 2.30. The lowest BCUT2D eigenvalue weighted by Gasteiger charge is -2.34. The van der Waals surface area contributed by atoms with Gasteiger partial charge in [0.05, 0.1) is 12.6 Å². The van der Waals surface area contributed by atoms with Gasteiger partial charge >= 0.3 is 0 Å². The molecule has 144 valence electrons. The number of hydrogen-bond acceptors (Lipinski definition) is 5. The molecule has 3 aromatic rings. The summed E-state index contributed by atoms with van der Waals surface area (Å²) in [4.78, 5) is 7.90. The van der Waals surface area contributed by atoms with Crippen LogP contribution in [0.5, 0.6) is 0 Å². The minimum Gasteiger partial charge on any atom is -0.380 e. The van der Waals surface area contributed by atoms with E-state index in [0.717, 1.165) is 12.1 Å². The van der Waals surface area contributed by atoms with E-state index in [9.17, 15) is 13.9 Å². The summed E-state index contributed by atoms with van der Waals surface area (Å²) < 4.78 is 34.7. The Balaban J connectivity index is 1.80. The van der Waals surface area contributed by atoms with Gasteiger partial charge in [0.1, 0.15) is 42.2 Å². The molecule has 0 saturated carbocycles. The fourth-order valence-electron chi connectivity index (χ4n) is 2.70. The first-order valence-electron chi connectivity index (χ1n) is 8.51. The van der Waals surface area contributed by atoms with Crippen molar-refractivity contribution in [3.8, 4) is 11.8 Å². The number of ether oxygens (including phenoxy) is 1. The van der Waals surface area contributed by atoms with E-state index in [1.54, 1.807) is 25.3 Å². The van der Waals surface area contributed by atoms with E-state index in [4.69, 9.17) is 4.74 Å². The number of hydrogen-bond donors (Lipinski definition) is 1. The second kappa shape index (κ2) is 8.69. The third-order valence-corrected chi connectivity index (χ3v) is 4.23. The highest BCUT2D eigenvalue weighted by Crippen LogP contribution is 2.31. The average Bonchev–Trinajstić information content (AvgIpc) is 3.18. The van der Waals surface area contributed by atoms with Gasteiger partial charge < -0.3 is 9.84 Å². The molecular formula is C20H18F2N4O2. The van der Waals surface area contributed by atoms with Gasteiger partial charge in [0.2, 0.25) is 0 Å². The number of rotatable bonds is 6. The molecule has 0 aliphatic heterocycles. The van der Waals surface area contributed by atoms with Crippen molar-refractivity contribution in [3.05, 3.63) is 78.1 Å². The van der Waals surface area contributed by atoms with E-state index >= 15 is 0 Å². The summed E-state index contributed by atoms with van der Waals surface area (Å²) in [5.41, 5.74) is -1.34. The van der Waals surface area contributed by atoms with Crippen LogP contribution in [0.1, 0.15) is 18.2 Å². The zero-order valence-electron chi connectivity index (χ0n) is 15.1. The highest BCUT2D eigenvalue weighted by atomic mass is 19.1. The fourth-order valence-corrected chi connectivity index (χ4v) is 2.70. The van der Waals surface area contributed by atoms with Gasteiger partial charge in [-0.3, -0.25) is 0 Å². The molecule has 8 heteroatoms. The quantitative estimate of drug-likeness (QED) is 0.661. The Bertz CT molecular complexity index is 971. The molecule has 0 aliphatic carbocycles. The molecular weight excluding hydrogens is 366 g/mol. The van der Waals surface area contributed by atoms with Crippen LogP contribution in [-0.4, -0.2) is 37.6 Å². The van der Waals surface area contributed by atoms with Crippen molar-refractivity contribution in [2.24, 2.45) is 0 Å². The van der Waals surface area contributed by atoms with Crippen LogP contribution in [0, 0.1) is 23.5 Å². The average molecular weight is 384 g/mol. The topological polar surface area (TPSA) is 73.1 Å². The Hall–Kier alpha value is -3.15. The molecule has 3 rings (SSSR count). The number of aromatic nitrogens is 4. The van der Waals surface area contributed by atoms with E-state index in [1.807, 2.05) is 6.07 Å². The van der Waals surface area contributed by atoms with Crippen LogP contribution in [0.3, 0.4) is 0 Å². The second-order valence-corrected chi connectivity index (χ2v) is 6.11. The Morgan fingerprint density at radius 3 is 2.82 bits per heavy atom. The molecule has 0 bridgehead atoms. The van der Waals surface area contributed by atoms with Crippen LogP contribution in [0.25, 0.3) is 0 Å². The third kappa shape index (κ3) is 4.57. The number of halogens is 2. The predicted molar refractivity (Wildman–Crippen MR) is 96.8 cm³/mol. The van der Waals surface area contributed by atoms with Crippen molar-refractivity contribution in [3.63, 3.8) is 0 Å². The monoisotopic (exact) mass is 384 g/mol. The lowest BCUT2D eigenvalue weighted by molar-refractivity contribution is -0.111. The maximum absolute atomic E-state index is 14.4. The minimum atomic E-state index is -1.82. The van der Waals surface area contributed by atoms with Gasteiger partial charge in [-0.1, -0.05) is 18.1 Å². The molecule has 2 aromatic heterocycles. The largest absolute Gasteiger partial charge is 0.380 e. The first-order valence-corrected chi connectivity index (χ1v) is 8.51. The molecule has 0 aliphatic rings. The highest BCUT2D eigenvalue weighted by molar-refractivity contribution is 5.28. The summed E-state index contributed by atoms with van der Waals surface area (Å²) in [6.07, 6.45) is 3.43. The summed E-state index contributed by atoms with van der Waals surface area (Å²) in [6, 6.07) is 8.35. The van der Waals surface area contributed by atoms with Crippen molar-refractivity contribution >= 4 is 0 Å². The Labute approximate surface area is 160 Å². The molecule has 6 nitrogen and oxygen atoms in total. The lowest BCUT2D eigenvalue weighted by atomic mass is 9.88. The number of aliphatic hydroxyl groups is 1. The first kappa shape index (κ1) is 19.6. The number of nitrogens with zero attached hydrogens (tertiary/aromatic N) is 4. The first-order chi connectivity index (χ1) is 13.5. The van der Waals surface area contributed by atoms with E-state index in [2.05, 4.69) is 26.9 Å². The molecule has 0 unspecified atom stereocenters. The highest BCUT2D eigenvalue weighted by Gasteiger charge is 2.40. The molecule has 0 radical (unpaired) electrons. The Kier molecular flexibility index (Phi) is 6.09. The lowest BCUT2D eigenvalue weighted by Crippen LogP contribution is -2.44. The van der Waals surface area contributed by atoms with Gasteiger partial charge in [-0.15, -0.1) is 0 Å². The number of pyridine rings is 1. The Morgan fingerprint density at radius 2 is 2.14 bits per heavy atom. The van der Waals surface area contributed by atoms with Gasteiger partial charge in [-0.2, -0.15) is 5.10 Å². The molecule has 2 atom stereocenters. The maximum Gasteiger partial charge on any atom is 0.138 e. The normalized spacial score (nSPS) is 14.0. The van der Waals surface area contributed by atoms with Crippen molar-refractivity contribution in [1.29, 1.82) is 0 Å². The van der Waals surface area contributed by atoms with Crippen molar-refractivity contribution in [1.82, 2.24) is 19.7 Å². The second-order valence-electron chi connectivity index (χ2n) is 6.11. The molecule has 0 amide bonds. The molecule has 28 heavy (non-hydrogen) atoms. The molecule has 2 heterocycles. The van der Waals surface area contributed by atoms with E-state index in [1.165, 1.54) is 23.4 Å². The minimum absolute atomic E-state index is 0.0137. The molecule has 0 spiro atoms. The van der Waals surface area contributed by atoms with Crippen molar-refractivity contribution in [2.75, 3.05) is 6.61 Å². The summed E-state index contributed by atoms with van der Waals surface area (Å²) >= 11 is 0. The maximum atomic E-state index is 14.4. The third-order valence-electron chi connectivity index (χ3n) is 4.23. The zero-order chi connectivity index (χ0) is 20.0. The van der Waals surface area contributed by atoms with E-state index in [-0.39, 0.29) is 18.7 Å². The molecule has 1 N–H and O–H groups in total. The van der Waals surface area contributed by atoms with Crippen LogP contribution >= 0.6 is 0 Å². The zero-order valence-corrected chi connectivity index (χ0v) is 15.1. The summed E-state index contributed by atoms with van der Waals surface area (Å²) in [5.74, 6) is 4.03. The van der Waals surface area contributed by atoms with E-state index < -0.39 is 23.3 Å². The van der Waals surface area contributed by atoms with Gasteiger partial charge in [0.15, 0.2) is 0 Å². The van der Waals surface area contributed by atoms with Gasteiger partial charge in [-0.05, 0) is 31.0 Å². The van der Waals surface area contributed by atoms with E-state index in [0.29, 0.717) is 5.69 Å². The van der Waals surface area contributed by atoms with Gasteiger partial charge in [0, 0.05) is 17.8 Å². The smallest absolute Gasteiger partial charge is 0.138 e. The standard InChI is InChI=1S/C20H18F2N4O2/c1-15(28-10-4-6-17-5-2-3-9-24-17)20(27,12-26-14-23-13-25-26)18-8-7-16(21)11-19(18)22/h2-3,5,7-9,11,13-15,27H,10,12H2,1H3/t15-,20-/m1/s1. The molecule has 0 fully saturated rings. The van der Waals surface area contributed by atoms with Crippen LogP contribution in [0.4, 0.5) is 8.78 Å². The van der Waals surface area contributed by atoms with Crippen molar-refractivity contribution < 1.29 is 18.6 Å². The van der Waals surface area contributed by atoms with Gasteiger partial charge in [0.25, 0.3) is 0 Å². The SMILES string of the molecule is C[C@@H](OCC#Cc1ccccn1)[C@](O)(Cn1cncn1)c1ccc(F)cc1F. The molecule has 0 saturated heterocycles. The van der Waals surface area contributed by atoms with Gasteiger partial charge in [-0.25, -0.2) is 23.4 Å². The number of benzene rings is 1. The molecule has 1 aromatic carbocycles. The summed E-state index contributed by atoms with van der Waals surface area (Å²) in [5, 5.41) is 15.2. The fraction of sp³-hybridized carbons (Fsp3) is 0.250. The Morgan fingerprint density at radius 1 is 1.29 bits per heavy atom. The van der Waals surface area contributed by atoms with Crippen LogP contribution in [-0.2, 0) is 16.9 Å². The van der Waals surface area contributed by atoms with Crippen LogP contribution in [0.2, 0.25) is 0 Å². The summed E-state index contributed by atoms with van der Waals surface area (Å²) in [7, 11) is 0.